The van der Waals surface area contributed by atoms with Gasteiger partial charge in [0.05, 0.1) is 13.7 Å². The first-order valence-electron chi connectivity index (χ1n) is 8.60. The fourth-order valence-electron chi connectivity index (χ4n) is 2.31. The lowest BCUT2D eigenvalue weighted by Crippen LogP contribution is -2.26. The van der Waals surface area contributed by atoms with E-state index >= 15 is 0 Å². The number of aromatic nitrogens is 1. The standard InChI is InChI=1S/C18H24N2O6S/c1-5-25-18(21)14-11-16(26-20-14)13-6-7-15(24-4)17(10-13)27(22,23)19-9-8-12(2)3/h6-7,10-12,19H,5,8-9H2,1-4H3. The lowest BCUT2D eigenvalue weighted by Gasteiger charge is -2.12. The van der Waals surface area contributed by atoms with E-state index in [9.17, 15) is 13.2 Å². The van der Waals surface area contributed by atoms with Gasteiger partial charge in [0.2, 0.25) is 10.0 Å². The molecular weight excluding hydrogens is 372 g/mol. The molecule has 0 fully saturated rings. The molecule has 0 saturated heterocycles. The zero-order chi connectivity index (χ0) is 20.0. The van der Waals surface area contributed by atoms with Crippen LogP contribution in [0.4, 0.5) is 0 Å². The van der Waals surface area contributed by atoms with E-state index in [0.29, 0.717) is 24.4 Å². The lowest BCUT2D eigenvalue weighted by molar-refractivity contribution is 0.0514. The summed E-state index contributed by atoms with van der Waals surface area (Å²) < 4.78 is 43.1. The summed E-state index contributed by atoms with van der Waals surface area (Å²) in [6.07, 6.45) is 0.715. The van der Waals surface area contributed by atoms with E-state index in [0.717, 1.165) is 0 Å². The molecular formula is C18H24N2O6S. The van der Waals surface area contributed by atoms with Crippen LogP contribution in [0.15, 0.2) is 33.7 Å². The summed E-state index contributed by atoms with van der Waals surface area (Å²) in [6.45, 7) is 6.25. The number of esters is 1. The van der Waals surface area contributed by atoms with Crippen LogP contribution in [0.1, 0.15) is 37.7 Å². The molecule has 0 amide bonds. The number of hydrogen-bond donors (Lipinski definition) is 1. The first-order chi connectivity index (χ1) is 12.8. The zero-order valence-corrected chi connectivity index (χ0v) is 16.6. The normalized spacial score (nSPS) is 11.6. The summed E-state index contributed by atoms with van der Waals surface area (Å²) in [5, 5.41) is 3.67. The van der Waals surface area contributed by atoms with Gasteiger partial charge in [-0.25, -0.2) is 17.9 Å². The molecule has 0 unspecified atom stereocenters. The maximum Gasteiger partial charge on any atom is 0.360 e. The van der Waals surface area contributed by atoms with Gasteiger partial charge in [0.15, 0.2) is 11.5 Å². The van der Waals surface area contributed by atoms with E-state index in [2.05, 4.69) is 9.88 Å². The third-order valence-corrected chi connectivity index (χ3v) is 5.23. The van der Waals surface area contributed by atoms with E-state index in [1.54, 1.807) is 13.0 Å². The van der Waals surface area contributed by atoms with Crippen LogP contribution in [-0.4, -0.2) is 39.8 Å². The van der Waals surface area contributed by atoms with Crippen LogP contribution >= 0.6 is 0 Å². The van der Waals surface area contributed by atoms with Crippen LogP contribution in [0.25, 0.3) is 11.3 Å². The van der Waals surface area contributed by atoms with Crippen molar-refractivity contribution in [2.75, 3.05) is 20.3 Å². The number of nitrogens with one attached hydrogen (secondary N) is 1. The highest BCUT2D eigenvalue weighted by Crippen LogP contribution is 2.30. The number of carbonyl (C=O) groups excluding carboxylic acids is 1. The van der Waals surface area contributed by atoms with Gasteiger partial charge < -0.3 is 14.0 Å². The number of rotatable bonds is 9. The molecule has 148 valence electrons. The molecule has 0 saturated carbocycles. The van der Waals surface area contributed by atoms with Gasteiger partial charge in [-0.3, -0.25) is 0 Å². The number of hydrogen-bond acceptors (Lipinski definition) is 7. The molecule has 9 heteroatoms. The van der Waals surface area contributed by atoms with Crippen LogP contribution in [0.2, 0.25) is 0 Å². The molecule has 1 N–H and O–H groups in total. The number of carbonyl (C=O) groups is 1. The van der Waals surface area contributed by atoms with Crippen LogP contribution in [0.3, 0.4) is 0 Å². The quantitative estimate of drug-likeness (QED) is 0.649. The van der Waals surface area contributed by atoms with Crippen molar-refractivity contribution >= 4 is 16.0 Å². The fourth-order valence-corrected chi connectivity index (χ4v) is 3.55. The predicted molar refractivity (Wildman–Crippen MR) is 99.1 cm³/mol. The third kappa shape index (κ3) is 5.30. The molecule has 0 aliphatic rings. The maximum absolute atomic E-state index is 12.7. The van der Waals surface area contributed by atoms with Crippen molar-refractivity contribution in [3.63, 3.8) is 0 Å². The van der Waals surface area contributed by atoms with E-state index in [-0.39, 0.29) is 28.7 Å². The van der Waals surface area contributed by atoms with Gasteiger partial charge >= 0.3 is 5.97 Å². The highest BCUT2D eigenvalue weighted by Gasteiger charge is 2.22. The Hall–Kier alpha value is -2.39. The highest BCUT2D eigenvalue weighted by atomic mass is 32.2. The van der Waals surface area contributed by atoms with Gasteiger partial charge in [0.25, 0.3) is 0 Å². The molecule has 1 heterocycles. The number of sulfonamides is 1. The smallest absolute Gasteiger partial charge is 0.360 e. The Morgan fingerprint density at radius 2 is 2.04 bits per heavy atom. The van der Waals surface area contributed by atoms with Gasteiger partial charge in [-0.05, 0) is 37.5 Å². The van der Waals surface area contributed by atoms with Crippen LogP contribution in [0.5, 0.6) is 5.75 Å². The van der Waals surface area contributed by atoms with Crippen LogP contribution in [-0.2, 0) is 14.8 Å². The summed E-state index contributed by atoms with van der Waals surface area (Å²) >= 11 is 0. The van der Waals surface area contributed by atoms with Gasteiger partial charge in [0.1, 0.15) is 10.6 Å². The van der Waals surface area contributed by atoms with Crippen molar-refractivity contribution in [3.05, 3.63) is 30.0 Å². The predicted octanol–water partition coefficient (Wildman–Crippen LogP) is 2.85. The van der Waals surface area contributed by atoms with Crippen LogP contribution < -0.4 is 9.46 Å². The Morgan fingerprint density at radius 1 is 1.30 bits per heavy atom. The first-order valence-corrected chi connectivity index (χ1v) is 10.1. The minimum Gasteiger partial charge on any atom is -0.495 e. The molecule has 1 aromatic carbocycles. The highest BCUT2D eigenvalue weighted by molar-refractivity contribution is 7.89. The third-order valence-electron chi connectivity index (χ3n) is 3.75. The molecule has 2 aromatic rings. The Kier molecular flexibility index (Phi) is 6.98. The number of methoxy groups -OCH3 is 1. The average Bonchev–Trinajstić information content (AvgIpc) is 3.11. The molecule has 0 radical (unpaired) electrons. The molecule has 0 atom stereocenters. The minimum atomic E-state index is -3.78. The monoisotopic (exact) mass is 396 g/mol. The molecule has 8 nitrogen and oxygen atoms in total. The zero-order valence-electron chi connectivity index (χ0n) is 15.8. The Morgan fingerprint density at radius 3 is 2.67 bits per heavy atom. The summed E-state index contributed by atoms with van der Waals surface area (Å²) in [5.74, 6) is 0.223. The lowest BCUT2D eigenvalue weighted by atomic mass is 10.1. The summed E-state index contributed by atoms with van der Waals surface area (Å²) in [7, 11) is -2.38. The number of nitrogens with zero attached hydrogens (tertiary/aromatic N) is 1. The number of ether oxygens (including phenoxy) is 2. The SMILES string of the molecule is CCOC(=O)c1cc(-c2ccc(OC)c(S(=O)(=O)NCCC(C)C)c2)on1. The van der Waals surface area contributed by atoms with E-state index in [1.807, 2.05) is 13.8 Å². The topological polar surface area (TPSA) is 108 Å². The van der Waals surface area contributed by atoms with Gasteiger partial charge in [0, 0.05) is 18.2 Å². The second-order valence-electron chi connectivity index (χ2n) is 6.24. The molecule has 0 aliphatic carbocycles. The molecule has 0 aliphatic heterocycles. The van der Waals surface area contributed by atoms with Crippen molar-refractivity contribution < 1.29 is 27.2 Å². The summed E-state index contributed by atoms with van der Waals surface area (Å²) in [6, 6.07) is 5.98. The van der Waals surface area contributed by atoms with Gasteiger partial charge in [-0.15, -0.1) is 0 Å². The second-order valence-corrected chi connectivity index (χ2v) is 7.98. The van der Waals surface area contributed by atoms with Crippen molar-refractivity contribution in [2.45, 2.75) is 32.1 Å². The fraction of sp³-hybridized carbons (Fsp3) is 0.444. The van der Waals surface area contributed by atoms with Crippen LogP contribution in [0, 0.1) is 5.92 Å². The van der Waals surface area contributed by atoms with Crippen molar-refractivity contribution in [1.82, 2.24) is 9.88 Å². The Labute approximate surface area is 158 Å². The maximum atomic E-state index is 12.7. The molecule has 0 bridgehead atoms. The molecule has 2 rings (SSSR count). The molecule has 1 aromatic heterocycles. The largest absolute Gasteiger partial charge is 0.495 e. The summed E-state index contributed by atoms with van der Waals surface area (Å²) in [4.78, 5) is 11.7. The van der Waals surface area contributed by atoms with Crippen molar-refractivity contribution in [3.8, 4) is 17.1 Å². The minimum absolute atomic E-state index is 0.0136. The molecule has 0 spiro atoms. The van der Waals surface area contributed by atoms with Gasteiger partial charge in [-0.1, -0.05) is 19.0 Å². The van der Waals surface area contributed by atoms with Crippen molar-refractivity contribution in [2.24, 2.45) is 5.92 Å². The van der Waals surface area contributed by atoms with E-state index < -0.39 is 16.0 Å². The average molecular weight is 396 g/mol. The van der Waals surface area contributed by atoms with E-state index in [1.165, 1.54) is 25.3 Å². The summed E-state index contributed by atoms with van der Waals surface area (Å²) in [5.41, 5.74) is 0.463. The first kappa shape index (κ1) is 20.9. The van der Waals surface area contributed by atoms with Crippen molar-refractivity contribution in [1.29, 1.82) is 0 Å². The van der Waals surface area contributed by atoms with E-state index in [4.69, 9.17) is 14.0 Å². The number of benzene rings is 1. The Bertz CT molecular complexity index is 889. The van der Waals surface area contributed by atoms with Gasteiger partial charge in [-0.2, -0.15) is 0 Å². The second kappa shape index (κ2) is 9.01. The molecule has 27 heavy (non-hydrogen) atoms. The Balaban J connectivity index is 2.33.